The van der Waals surface area contributed by atoms with Crippen LogP contribution in [0.1, 0.15) is 15.9 Å². The van der Waals surface area contributed by atoms with E-state index in [1.54, 1.807) is 31.4 Å². The second-order valence-corrected chi connectivity index (χ2v) is 5.59. The molecular formula is C17H16BrNO4. The van der Waals surface area contributed by atoms with Crippen molar-refractivity contribution in [1.82, 2.24) is 5.32 Å². The van der Waals surface area contributed by atoms with Crippen molar-refractivity contribution in [1.29, 1.82) is 0 Å². The summed E-state index contributed by atoms with van der Waals surface area (Å²) in [5.74, 6) is -0.225. The lowest BCUT2D eigenvalue weighted by atomic mass is 10.2. The van der Waals surface area contributed by atoms with Crippen LogP contribution in [0.15, 0.2) is 53.0 Å². The van der Waals surface area contributed by atoms with Crippen LogP contribution in [0.4, 0.5) is 0 Å². The third-order valence-corrected chi connectivity index (χ3v) is 3.56. The van der Waals surface area contributed by atoms with Gasteiger partial charge in [0.25, 0.3) is 5.91 Å². The molecule has 2 aromatic rings. The number of para-hydroxylation sites is 1. The lowest BCUT2D eigenvalue weighted by molar-refractivity contribution is -0.124. The average molecular weight is 378 g/mol. The maximum Gasteiger partial charge on any atom is 0.338 e. The molecule has 0 saturated heterocycles. The number of amides is 1. The highest BCUT2D eigenvalue weighted by Crippen LogP contribution is 2.16. The van der Waals surface area contributed by atoms with E-state index in [1.165, 1.54) is 0 Å². The summed E-state index contributed by atoms with van der Waals surface area (Å²) < 4.78 is 11.0. The predicted octanol–water partition coefficient (Wildman–Crippen LogP) is 2.93. The number of carbonyl (C=O) groups is 2. The summed E-state index contributed by atoms with van der Waals surface area (Å²) in [5, 5.41) is 2.69. The fourth-order valence-electron chi connectivity index (χ4n) is 1.92. The van der Waals surface area contributed by atoms with Crippen LogP contribution in [0.2, 0.25) is 0 Å². The maximum absolute atomic E-state index is 11.8. The molecular weight excluding hydrogens is 362 g/mol. The first-order valence-corrected chi connectivity index (χ1v) is 7.70. The summed E-state index contributed by atoms with van der Waals surface area (Å²) in [6, 6.07) is 14.2. The first kappa shape index (κ1) is 17.0. The zero-order valence-corrected chi connectivity index (χ0v) is 14.1. The van der Waals surface area contributed by atoms with Gasteiger partial charge in [-0.05, 0) is 24.3 Å². The van der Waals surface area contributed by atoms with E-state index in [0.29, 0.717) is 17.9 Å². The van der Waals surface area contributed by atoms with E-state index in [-0.39, 0.29) is 12.5 Å². The molecule has 0 aliphatic rings. The first-order chi connectivity index (χ1) is 11.1. The smallest absolute Gasteiger partial charge is 0.338 e. The van der Waals surface area contributed by atoms with Crippen LogP contribution >= 0.6 is 15.9 Å². The average Bonchev–Trinajstić information content (AvgIpc) is 2.58. The quantitative estimate of drug-likeness (QED) is 0.786. The summed E-state index contributed by atoms with van der Waals surface area (Å²) in [7, 11) is 1.57. The van der Waals surface area contributed by atoms with Crippen LogP contribution in [-0.4, -0.2) is 25.6 Å². The number of benzene rings is 2. The van der Waals surface area contributed by atoms with Crippen LogP contribution in [0.25, 0.3) is 0 Å². The lowest BCUT2D eigenvalue weighted by Gasteiger charge is -2.10. The summed E-state index contributed by atoms with van der Waals surface area (Å²) in [5.41, 5.74) is 1.23. The summed E-state index contributed by atoms with van der Waals surface area (Å²) in [6.45, 7) is -0.0300. The van der Waals surface area contributed by atoms with Crippen LogP contribution in [0.3, 0.4) is 0 Å². The minimum absolute atomic E-state index is 0.303. The van der Waals surface area contributed by atoms with Gasteiger partial charge in [-0.3, -0.25) is 4.79 Å². The van der Waals surface area contributed by atoms with Gasteiger partial charge in [-0.1, -0.05) is 40.2 Å². The van der Waals surface area contributed by atoms with E-state index >= 15 is 0 Å². The van der Waals surface area contributed by atoms with Gasteiger partial charge in [-0.2, -0.15) is 0 Å². The van der Waals surface area contributed by atoms with E-state index in [9.17, 15) is 9.59 Å². The molecule has 2 rings (SSSR count). The fourth-order valence-corrected chi connectivity index (χ4v) is 2.32. The summed E-state index contributed by atoms with van der Waals surface area (Å²) in [4.78, 5) is 23.6. The van der Waals surface area contributed by atoms with Crippen LogP contribution in [0.5, 0.6) is 5.75 Å². The molecule has 1 amide bonds. The molecule has 0 aliphatic heterocycles. The third kappa shape index (κ3) is 5.10. The van der Waals surface area contributed by atoms with Crippen molar-refractivity contribution in [3.05, 3.63) is 64.1 Å². The van der Waals surface area contributed by atoms with Crippen molar-refractivity contribution >= 4 is 27.8 Å². The van der Waals surface area contributed by atoms with Gasteiger partial charge in [0.15, 0.2) is 6.61 Å². The Labute approximate surface area is 142 Å². The normalized spacial score (nSPS) is 10.0. The molecule has 120 valence electrons. The molecule has 0 aliphatic carbocycles. The van der Waals surface area contributed by atoms with Crippen molar-refractivity contribution in [3.8, 4) is 5.75 Å². The third-order valence-electron chi connectivity index (χ3n) is 3.06. The van der Waals surface area contributed by atoms with Gasteiger partial charge in [-0.25, -0.2) is 4.79 Å². The molecule has 0 radical (unpaired) electrons. The van der Waals surface area contributed by atoms with Crippen molar-refractivity contribution in [2.24, 2.45) is 0 Å². The highest BCUT2D eigenvalue weighted by molar-refractivity contribution is 9.10. The second-order valence-electron chi connectivity index (χ2n) is 4.68. The molecule has 2 aromatic carbocycles. The summed E-state index contributed by atoms with van der Waals surface area (Å²) >= 11 is 3.28. The minimum Gasteiger partial charge on any atom is -0.496 e. The van der Waals surface area contributed by atoms with E-state index in [0.717, 1.165) is 10.0 Å². The molecule has 0 spiro atoms. The summed E-state index contributed by atoms with van der Waals surface area (Å²) in [6.07, 6.45) is 0. The van der Waals surface area contributed by atoms with Crippen LogP contribution in [-0.2, 0) is 16.1 Å². The van der Waals surface area contributed by atoms with Crippen LogP contribution < -0.4 is 10.1 Å². The molecule has 0 fully saturated rings. The zero-order chi connectivity index (χ0) is 16.7. The molecule has 5 nitrogen and oxygen atoms in total. The number of ether oxygens (including phenoxy) is 2. The van der Waals surface area contributed by atoms with Gasteiger partial charge >= 0.3 is 5.97 Å². The molecule has 0 heterocycles. The second kappa shape index (κ2) is 8.33. The van der Waals surface area contributed by atoms with Crippen molar-refractivity contribution in [2.75, 3.05) is 13.7 Å². The topological polar surface area (TPSA) is 64.6 Å². The van der Waals surface area contributed by atoms with E-state index < -0.39 is 5.97 Å². The Hall–Kier alpha value is -2.34. The van der Waals surface area contributed by atoms with Gasteiger partial charge < -0.3 is 14.8 Å². The van der Waals surface area contributed by atoms with Gasteiger partial charge in [0.05, 0.1) is 12.7 Å². The maximum atomic E-state index is 11.8. The Morgan fingerprint density at radius 3 is 2.65 bits per heavy atom. The van der Waals surface area contributed by atoms with Crippen molar-refractivity contribution < 1.29 is 19.1 Å². The van der Waals surface area contributed by atoms with Crippen molar-refractivity contribution in [2.45, 2.75) is 6.54 Å². The molecule has 0 bridgehead atoms. The fraction of sp³-hybridized carbons (Fsp3) is 0.176. The Morgan fingerprint density at radius 2 is 1.91 bits per heavy atom. The Morgan fingerprint density at radius 1 is 1.13 bits per heavy atom. The van der Waals surface area contributed by atoms with Gasteiger partial charge in [0.1, 0.15) is 5.75 Å². The molecule has 0 saturated carbocycles. The zero-order valence-electron chi connectivity index (χ0n) is 12.5. The predicted molar refractivity (Wildman–Crippen MR) is 89.3 cm³/mol. The molecule has 0 atom stereocenters. The van der Waals surface area contributed by atoms with E-state index in [1.807, 2.05) is 24.3 Å². The lowest BCUT2D eigenvalue weighted by Crippen LogP contribution is -2.28. The molecule has 6 heteroatoms. The SMILES string of the molecule is COc1ccccc1CNC(=O)COC(=O)c1cccc(Br)c1. The van der Waals surface area contributed by atoms with Gasteiger partial charge in [0, 0.05) is 16.6 Å². The van der Waals surface area contributed by atoms with Gasteiger partial charge in [0.2, 0.25) is 0 Å². The number of carbonyl (C=O) groups excluding carboxylic acids is 2. The number of rotatable bonds is 6. The minimum atomic E-state index is -0.543. The number of nitrogens with one attached hydrogen (secondary N) is 1. The van der Waals surface area contributed by atoms with Crippen LogP contribution in [0, 0.1) is 0 Å². The molecule has 23 heavy (non-hydrogen) atoms. The molecule has 0 aromatic heterocycles. The number of hydrogen-bond donors (Lipinski definition) is 1. The van der Waals surface area contributed by atoms with Crippen molar-refractivity contribution in [3.63, 3.8) is 0 Å². The Bertz CT molecular complexity index is 702. The largest absolute Gasteiger partial charge is 0.496 e. The van der Waals surface area contributed by atoms with E-state index in [4.69, 9.17) is 9.47 Å². The number of methoxy groups -OCH3 is 1. The number of hydrogen-bond acceptors (Lipinski definition) is 4. The standard InChI is InChI=1S/C17H16BrNO4/c1-22-15-8-3-2-5-13(15)10-19-16(20)11-23-17(21)12-6-4-7-14(18)9-12/h2-9H,10-11H2,1H3,(H,19,20). The number of halogens is 1. The number of esters is 1. The Balaban J connectivity index is 1.82. The Kier molecular flexibility index (Phi) is 6.17. The molecule has 0 unspecified atom stereocenters. The van der Waals surface area contributed by atoms with E-state index in [2.05, 4.69) is 21.2 Å². The monoisotopic (exact) mass is 377 g/mol. The first-order valence-electron chi connectivity index (χ1n) is 6.91. The highest BCUT2D eigenvalue weighted by Gasteiger charge is 2.11. The highest BCUT2D eigenvalue weighted by atomic mass is 79.9. The molecule has 1 N–H and O–H groups in total. The van der Waals surface area contributed by atoms with Gasteiger partial charge in [-0.15, -0.1) is 0 Å².